The third-order valence-corrected chi connectivity index (χ3v) is 5.39. The summed E-state index contributed by atoms with van der Waals surface area (Å²) in [7, 11) is 0. The maximum absolute atomic E-state index is 10.5. The van der Waals surface area contributed by atoms with Gasteiger partial charge in [0.15, 0.2) is 0 Å². The number of carbonyl (C=O) groups excluding carboxylic acids is 1. The number of nitrogens with zero attached hydrogens (tertiary/aromatic N) is 5. The molecule has 11 heteroatoms. The number of carbonyl (C=O) groups is 1. The SMILES string of the molecule is O=CCn1nnc(-c2cc(OC3CCC(Oc4cc(Cl)ccc4Br)CC3)no2)n1. The van der Waals surface area contributed by atoms with Crippen molar-refractivity contribution in [1.29, 1.82) is 0 Å². The molecule has 29 heavy (non-hydrogen) atoms. The summed E-state index contributed by atoms with van der Waals surface area (Å²) in [6, 6.07) is 7.12. The Morgan fingerprint density at radius 1 is 1.21 bits per heavy atom. The molecule has 0 saturated heterocycles. The molecule has 4 rings (SSSR count). The van der Waals surface area contributed by atoms with Crippen molar-refractivity contribution in [3.05, 3.63) is 33.8 Å². The van der Waals surface area contributed by atoms with Crippen molar-refractivity contribution in [3.63, 3.8) is 0 Å². The second-order valence-electron chi connectivity index (χ2n) is 6.57. The van der Waals surface area contributed by atoms with E-state index in [-0.39, 0.29) is 24.6 Å². The monoisotopic (exact) mass is 481 g/mol. The van der Waals surface area contributed by atoms with Gasteiger partial charge in [0.2, 0.25) is 11.6 Å². The number of aromatic nitrogens is 5. The number of tetrazole rings is 1. The normalized spacial score (nSPS) is 19.1. The van der Waals surface area contributed by atoms with Gasteiger partial charge in [0.25, 0.3) is 5.88 Å². The maximum Gasteiger partial charge on any atom is 0.255 e. The van der Waals surface area contributed by atoms with Crippen LogP contribution in [0.1, 0.15) is 25.7 Å². The van der Waals surface area contributed by atoms with Crippen molar-refractivity contribution in [2.45, 2.75) is 44.4 Å². The lowest BCUT2D eigenvalue weighted by atomic mass is 9.95. The van der Waals surface area contributed by atoms with Crippen LogP contribution in [0.4, 0.5) is 0 Å². The Morgan fingerprint density at radius 2 is 1.97 bits per heavy atom. The van der Waals surface area contributed by atoms with E-state index in [0.717, 1.165) is 35.9 Å². The molecule has 9 nitrogen and oxygen atoms in total. The van der Waals surface area contributed by atoms with Gasteiger partial charge in [-0.1, -0.05) is 11.6 Å². The fourth-order valence-electron chi connectivity index (χ4n) is 3.09. The fourth-order valence-corrected chi connectivity index (χ4v) is 3.59. The van der Waals surface area contributed by atoms with Gasteiger partial charge in [-0.25, -0.2) is 0 Å². The quantitative estimate of drug-likeness (QED) is 0.469. The first-order chi connectivity index (χ1) is 14.1. The minimum atomic E-state index is 0.0225. The van der Waals surface area contributed by atoms with E-state index in [1.165, 1.54) is 4.80 Å². The Morgan fingerprint density at radius 3 is 2.72 bits per heavy atom. The third-order valence-electron chi connectivity index (χ3n) is 4.50. The Hall–Kier alpha value is -2.46. The molecular formula is C18H17BrClN5O4. The van der Waals surface area contributed by atoms with Crippen LogP contribution in [0.25, 0.3) is 11.6 Å². The molecule has 1 fully saturated rings. The summed E-state index contributed by atoms with van der Waals surface area (Å²) in [5.74, 6) is 1.70. The Kier molecular flexibility index (Phi) is 6.10. The van der Waals surface area contributed by atoms with Crippen molar-refractivity contribution in [1.82, 2.24) is 25.4 Å². The number of benzene rings is 1. The van der Waals surface area contributed by atoms with Crippen molar-refractivity contribution in [3.8, 4) is 23.2 Å². The highest BCUT2D eigenvalue weighted by Gasteiger charge is 2.25. The summed E-state index contributed by atoms with van der Waals surface area (Å²) >= 11 is 9.53. The minimum Gasteiger partial charge on any atom is -0.489 e. The van der Waals surface area contributed by atoms with E-state index in [0.29, 0.717) is 22.9 Å². The van der Waals surface area contributed by atoms with Crippen LogP contribution in [0.3, 0.4) is 0 Å². The molecule has 152 valence electrons. The molecule has 0 spiro atoms. The van der Waals surface area contributed by atoms with Gasteiger partial charge in [0, 0.05) is 5.02 Å². The zero-order valence-corrected chi connectivity index (χ0v) is 17.5. The maximum atomic E-state index is 10.5. The van der Waals surface area contributed by atoms with Crippen LogP contribution in [0, 0.1) is 0 Å². The van der Waals surface area contributed by atoms with Gasteiger partial charge < -0.3 is 18.8 Å². The molecule has 1 saturated carbocycles. The molecule has 0 aliphatic heterocycles. The third kappa shape index (κ3) is 4.94. The standard InChI is InChI=1S/C18H17BrClN5O4/c19-14-6-1-11(20)9-15(14)27-12-2-4-13(5-3-12)28-17-10-16(29-23-17)18-21-24-25(22-18)7-8-26/h1,6,8-10,12-13H,2-5,7H2. The van der Waals surface area contributed by atoms with E-state index in [1.54, 1.807) is 6.07 Å². The van der Waals surface area contributed by atoms with Gasteiger partial charge in [-0.05, 0) is 70.2 Å². The van der Waals surface area contributed by atoms with Gasteiger partial charge in [0.1, 0.15) is 24.7 Å². The summed E-state index contributed by atoms with van der Waals surface area (Å²) < 4.78 is 18.1. The smallest absolute Gasteiger partial charge is 0.255 e. The Bertz CT molecular complexity index is 986. The molecule has 1 aliphatic carbocycles. The summed E-state index contributed by atoms with van der Waals surface area (Å²) in [6.07, 6.45) is 4.19. The highest BCUT2D eigenvalue weighted by molar-refractivity contribution is 9.10. The molecule has 0 amide bonds. The van der Waals surface area contributed by atoms with E-state index >= 15 is 0 Å². The molecule has 0 N–H and O–H groups in total. The van der Waals surface area contributed by atoms with E-state index in [9.17, 15) is 4.79 Å². The Labute approximate surface area is 179 Å². The number of ether oxygens (including phenoxy) is 2. The number of aldehydes is 1. The number of halogens is 2. The molecule has 0 atom stereocenters. The van der Waals surface area contributed by atoms with Gasteiger partial charge in [0.05, 0.1) is 16.6 Å². The molecule has 1 aromatic carbocycles. The molecule has 0 radical (unpaired) electrons. The highest BCUT2D eigenvalue weighted by atomic mass is 79.9. The van der Waals surface area contributed by atoms with Gasteiger partial charge in [-0.15, -0.1) is 10.2 Å². The number of hydrogen-bond acceptors (Lipinski definition) is 8. The zero-order valence-electron chi connectivity index (χ0n) is 15.2. The van der Waals surface area contributed by atoms with Crippen LogP contribution >= 0.6 is 27.5 Å². The van der Waals surface area contributed by atoms with Crippen LogP contribution in [-0.2, 0) is 11.3 Å². The van der Waals surface area contributed by atoms with Gasteiger partial charge in [-0.3, -0.25) is 0 Å². The molecule has 2 heterocycles. The lowest BCUT2D eigenvalue weighted by molar-refractivity contribution is -0.108. The molecular weight excluding hydrogens is 466 g/mol. The lowest BCUT2D eigenvalue weighted by Gasteiger charge is -2.29. The average molecular weight is 483 g/mol. The molecule has 0 unspecified atom stereocenters. The summed E-state index contributed by atoms with van der Waals surface area (Å²) in [4.78, 5) is 11.7. The van der Waals surface area contributed by atoms with Gasteiger partial charge in [-0.2, -0.15) is 4.80 Å². The van der Waals surface area contributed by atoms with E-state index in [4.69, 9.17) is 25.6 Å². The Balaban J connectivity index is 1.30. The predicted molar refractivity (Wildman–Crippen MR) is 106 cm³/mol. The molecule has 2 aromatic heterocycles. The van der Waals surface area contributed by atoms with Crippen LogP contribution in [-0.4, -0.2) is 43.9 Å². The molecule has 0 bridgehead atoms. The summed E-state index contributed by atoms with van der Waals surface area (Å²) in [6.45, 7) is 0.0293. The second-order valence-corrected chi connectivity index (χ2v) is 7.86. The lowest BCUT2D eigenvalue weighted by Crippen LogP contribution is -2.30. The van der Waals surface area contributed by atoms with Crippen LogP contribution in [0.2, 0.25) is 5.02 Å². The summed E-state index contributed by atoms with van der Waals surface area (Å²) in [5, 5.41) is 16.2. The van der Waals surface area contributed by atoms with Crippen molar-refractivity contribution < 1.29 is 18.8 Å². The fraction of sp³-hybridized carbons (Fsp3) is 0.389. The minimum absolute atomic E-state index is 0.0225. The highest BCUT2D eigenvalue weighted by Crippen LogP contribution is 2.33. The van der Waals surface area contributed by atoms with Crippen molar-refractivity contribution in [2.24, 2.45) is 0 Å². The number of rotatable bonds is 7. The number of hydrogen-bond donors (Lipinski definition) is 0. The summed E-state index contributed by atoms with van der Waals surface area (Å²) in [5.41, 5.74) is 0. The largest absolute Gasteiger partial charge is 0.489 e. The molecule has 3 aromatic rings. The molecule has 1 aliphatic rings. The predicted octanol–water partition coefficient (Wildman–Crippen LogP) is 3.71. The first-order valence-corrected chi connectivity index (χ1v) is 10.2. The topological polar surface area (TPSA) is 105 Å². The van der Waals surface area contributed by atoms with Crippen LogP contribution in [0.5, 0.6) is 11.6 Å². The second kappa shape index (κ2) is 8.91. The van der Waals surface area contributed by atoms with E-state index in [1.807, 2.05) is 18.2 Å². The van der Waals surface area contributed by atoms with Crippen molar-refractivity contribution >= 4 is 33.8 Å². The van der Waals surface area contributed by atoms with Crippen LogP contribution in [0.15, 0.2) is 33.3 Å². The first kappa shape index (κ1) is 19.8. The first-order valence-electron chi connectivity index (χ1n) is 9.07. The van der Waals surface area contributed by atoms with Gasteiger partial charge >= 0.3 is 0 Å². The average Bonchev–Trinajstić information content (AvgIpc) is 3.36. The van der Waals surface area contributed by atoms with Crippen LogP contribution < -0.4 is 9.47 Å². The van der Waals surface area contributed by atoms with E-state index in [2.05, 4.69) is 36.5 Å². The van der Waals surface area contributed by atoms with E-state index < -0.39 is 0 Å². The van der Waals surface area contributed by atoms with Crippen molar-refractivity contribution in [2.75, 3.05) is 0 Å². The zero-order chi connectivity index (χ0) is 20.2.